The third-order valence-electron chi connectivity index (χ3n) is 5.94. The fourth-order valence-corrected chi connectivity index (χ4v) is 4.36. The molecule has 1 aliphatic carbocycles. The number of carbonyl (C=O) groups excluding carboxylic acids is 1. The van der Waals surface area contributed by atoms with E-state index in [0.29, 0.717) is 38.3 Å². The highest BCUT2D eigenvalue weighted by molar-refractivity contribution is 6.02. The van der Waals surface area contributed by atoms with E-state index in [9.17, 15) is 18.0 Å². The SMILES string of the molecule is CCN1CC(=O)N(CC)c2cnc(C[C@H]3CC[C@H](Oc4cc(F)c(F)c(F)c4)C3)nc21. The van der Waals surface area contributed by atoms with Crippen molar-refractivity contribution >= 4 is 17.4 Å². The second-order valence-corrected chi connectivity index (χ2v) is 7.97. The van der Waals surface area contributed by atoms with Gasteiger partial charge in [0.1, 0.15) is 17.3 Å². The molecule has 2 atom stereocenters. The van der Waals surface area contributed by atoms with Crippen LogP contribution in [0.15, 0.2) is 18.3 Å². The summed E-state index contributed by atoms with van der Waals surface area (Å²) in [5, 5.41) is 0. The average Bonchev–Trinajstić information content (AvgIpc) is 3.18. The largest absolute Gasteiger partial charge is 0.490 e. The third kappa shape index (κ3) is 4.31. The highest BCUT2D eigenvalue weighted by Gasteiger charge is 2.31. The standard InChI is InChI=1S/C22H25F3N4O2/c1-3-28-12-20(30)29(4-2)18-11-26-19(27-22(18)28)8-13-5-6-14(7-13)31-15-9-16(23)21(25)17(24)10-15/h9-11,13-14H,3-8,12H2,1-2H3/t13-,14-/m0/s1. The molecule has 6 nitrogen and oxygen atoms in total. The minimum Gasteiger partial charge on any atom is -0.490 e. The van der Waals surface area contributed by atoms with E-state index in [4.69, 9.17) is 9.72 Å². The van der Waals surface area contributed by atoms with Gasteiger partial charge in [0.15, 0.2) is 23.3 Å². The molecule has 0 spiro atoms. The molecule has 2 heterocycles. The molecule has 166 valence electrons. The van der Waals surface area contributed by atoms with Crippen molar-refractivity contribution < 1.29 is 22.7 Å². The van der Waals surface area contributed by atoms with Crippen LogP contribution in [-0.2, 0) is 11.2 Å². The maximum absolute atomic E-state index is 13.4. The number of carbonyl (C=O) groups is 1. The van der Waals surface area contributed by atoms with E-state index >= 15 is 0 Å². The number of nitrogens with zero attached hydrogens (tertiary/aromatic N) is 4. The summed E-state index contributed by atoms with van der Waals surface area (Å²) in [7, 11) is 0. The minimum absolute atomic E-state index is 0.00464. The molecule has 0 N–H and O–H groups in total. The second kappa shape index (κ2) is 8.72. The molecule has 9 heteroatoms. The highest BCUT2D eigenvalue weighted by Crippen LogP contribution is 2.34. The van der Waals surface area contributed by atoms with Gasteiger partial charge < -0.3 is 14.5 Å². The summed E-state index contributed by atoms with van der Waals surface area (Å²) < 4.78 is 45.6. The van der Waals surface area contributed by atoms with E-state index < -0.39 is 17.5 Å². The van der Waals surface area contributed by atoms with Crippen LogP contribution < -0.4 is 14.5 Å². The lowest BCUT2D eigenvalue weighted by Gasteiger charge is -2.35. The summed E-state index contributed by atoms with van der Waals surface area (Å²) in [6.07, 6.45) is 4.46. The molecule has 1 fully saturated rings. The number of anilines is 2. The van der Waals surface area contributed by atoms with Gasteiger partial charge in [0, 0.05) is 31.6 Å². The van der Waals surface area contributed by atoms with Crippen LogP contribution >= 0.6 is 0 Å². The Labute approximate surface area is 179 Å². The highest BCUT2D eigenvalue weighted by atomic mass is 19.2. The van der Waals surface area contributed by atoms with E-state index in [1.54, 1.807) is 11.1 Å². The third-order valence-corrected chi connectivity index (χ3v) is 5.94. The van der Waals surface area contributed by atoms with Gasteiger partial charge in [0.05, 0.1) is 18.8 Å². The molecule has 2 aliphatic rings. The fraction of sp³-hybridized carbons (Fsp3) is 0.500. The number of halogens is 3. The molecular formula is C22H25F3N4O2. The van der Waals surface area contributed by atoms with Gasteiger partial charge in [-0.1, -0.05) is 0 Å². The summed E-state index contributed by atoms with van der Waals surface area (Å²) in [6, 6.07) is 1.75. The van der Waals surface area contributed by atoms with Crippen molar-refractivity contribution in [1.82, 2.24) is 9.97 Å². The van der Waals surface area contributed by atoms with Gasteiger partial charge in [-0.25, -0.2) is 23.1 Å². The minimum atomic E-state index is -1.49. The Bertz CT molecular complexity index is 964. The number of hydrogen-bond acceptors (Lipinski definition) is 5. The average molecular weight is 434 g/mol. The second-order valence-electron chi connectivity index (χ2n) is 7.97. The monoisotopic (exact) mass is 434 g/mol. The van der Waals surface area contributed by atoms with E-state index in [2.05, 4.69) is 4.98 Å². The lowest BCUT2D eigenvalue weighted by Crippen LogP contribution is -2.46. The Kier molecular flexibility index (Phi) is 6.02. The van der Waals surface area contributed by atoms with Gasteiger partial charge in [-0.3, -0.25) is 4.79 Å². The molecule has 1 aromatic heterocycles. The molecule has 0 unspecified atom stereocenters. The smallest absolute Gasteiger partial charge is 0.246 e. The maximum atomic E-state index is 13.4. The number of fused-ring (bicyclic) bond motifs is 1. The topological polar surface area (TPSA) is 58.6 Å². The molecule has 1 aromatic carbocycles. The Hall–Kier alpha value is -2.84. The lowest BCUT2D eigenvalue weighted by molar-refractivity contribution is -0.117. The van der Waals surface area contributed by atoms with Gasteiger partial charge in [-0.2, -0.15) is 0 Å². The zero-order valence-electron chi connectivity index (χ0n) is 17.6. The van der Waals surface area contributed by atoms with Crippen LogP contribution in [0.2, 0.25) is 0 Å². The number of rotatable bonds is 6. The number of amides is 1. The molecule has 1 aliphatic heterocycles. The predicted octanol–water partition coefficient (Wildman–Crippen LogP) is 3.88. The molecule has 1 amide bonds. The fourth-order valence-electron chi connectivity index (χ4n) is 4.36. The molecular weight excluding hydrogens is 409 g/mol. The van der Waals surface area contributed by atoms with Crippen LogP contribution in [0, 0.1) is 23.4 Å². The Morgan fingerprint density at radius 2 is 1.87 bits per heavy atom. The molecule has 4 rings (SSSR count). The van der Waals surface area contributed by atoms with Crippen molar-refractivity contribution in [2.24, 2.45) is 5.92 Å². The summed E-state index contributed by atoms with van der Waals surface area (Å²) >= 11 is 0. The first-order chi connectivity index (χ1) is 14.9. The Morgan fingerprint density at radius 1 is 1.13 bits per heavy atom. The van der Waals surface area contributed by atoms with Gasteiger partial charge in [-0.15, -0.1) is 0 Å². The van der Waals surface area contributed by atoms with Crippen molar-refractivity contribution in [3.05, 3.63) is 41.6 Å². The maximum Gasteiger partial charge on any atom is 0.246 e. The number of ether oxygens (including phenoxy) is 1. The predicted molar refractivity (Wildman–Crippen MR) is 110 cm³/mol. The van der Waals surface area contributed by atoms with Crippen molar-refractivity contribution in [2.75, 3.05) is 29.4 Å². The molecule has 1 saturated carbocycles. The van der Waals surface area contributed by atoms with Crippen molar-refractivity contribution in [1.29, 1.82) is 0 Å². The van der Waals surface area contributed by atoms with Crippen LogP contribution in [0.1, 0.15) is 38.9 Å². The van der Waals surface area contributed by atoms with Crippen molar-refractivity contribution in [3.8, 4) is 5.75 Å². The summed E-state index contributed by atoms with van der Waals surface area (Å²) in [5.41, 5.74) is 0.734. The molecule has 31 heavy (non-hydrogen) atoms. The normalized spacial score (nSPS) is 20.9. The van der Waals surface area contributed by atoms with Crippen LogP contribution in [0.4, 0.5) is 24.7 Å². The van der Waals surface area contributed by atoms with Gasteiger partial charge in [0.25, 0.3) is 0 Å². The van der Waals surface area contributed by atoms with Crippen molar-refractivity contribution in [3.63, 3.8) is 0 Å². The zero-order valence-corrected chi connectivity index (χ0v) is 17.6. The first-order valence-electron chi connectivity index (χ1n) is 10.6. The molecule has 0 saturated heterocycles. The van der Waals surface area contributed by atoms with E-state index in [1.807, 2.05) is 18.7 Å². The first kappa shape index (κ1) is 21.4. The van der Waals surface area contributed by atoms with Crippen LogP contribution in [0.3, 0.4) is 0 Å². The number of hydrogen-bond donors (Lipinski definition) is 0. The van der Waals surface area contributed by atoms with Gasteiger partial charge in [-0.05, 0) is 39.0 Å². The van der Waals surface area contributed by atoms with Crippen molar-refractivity contribution in [2.45, 2.75) is 45.6 Å². The van der Waals surface area contributed by atoms with E-state index in [-0.39, 0.29) is 23.7 Å². The van der Waals surface area contributed by atoms with Gasteiger partial charge in [0.2, 0.25) is 5.91 Å². The van der Waals surface area contributed by atoms with Crippen LogP contribution in [-0.4, -0.2) is 41.6 Å². The Morgan fingerprint density at radius 3 is 2.55 bits per heavy atom. The summed E-state index contributed by atoms with van der Waals surface area (Å²) in [6.45, 7) is 5.46. The first-order valence-corrected chi connectivity index (χ1v) is 10.6. The number of likely N-dealkylation sites (N-methyl/N-ethyl adjacent to an activating group) is 2. The lowest BCUT2D eigenvalue weighted by atomic mass is 10.0. The van der Waals surface area contributed by atoms with Gasteiger partial charge >= 0.3 is 0 Å². The molecule has 0 bridgehead atoms. The Balaban J connectivity index is 1.43. The van der Waals surface area contributed by atoms with E-state index in [1.165, 1.54) is 0 Å². The number of aromatic nitrogens is 2. The molecule has 0 radical (unpaired) electrons. The van der Waals surface area contributed by atoms with Crippen LogP contribution in [0.25, 0.3) is 0 Å². The molecule has 2 aromatic rings. The summed E-state index contributed by atoms with van der Waals surface area (Å²) in [5.74, 6) is -2.23. The van der Waals surface area contributed by atoms with E-state index in [0.717, 1.165) is 36.5 Å². The summed E-state index contributed by atoms with van der Waals surface area (Å²) in [4.78, 5) is 25.2. The zero-order chi connectivity index (χ0) is 22.1. The quantitative estimate of drug-likeness (QED) is 0.646. The van der Waals surface area contributed by atoms with Crippen LogP contribution in [0.5, 0.6) is 5.75 Å². The number of benzene rings is 1.